The zero-order chi connectivity index (χ0) is 9.97. The van der Waals surface area contributed by atoms with Crippen LogP contribution in [0.2, 0.25) is 0 Å². The van der Waals surface area contributed by atoms with Gasteiger partial charge in [-0.2, -0.15) is 0 Å². The molecule has 0 amide bonds. The minimum absolute atomic E-state index is 0.453. The second-order valence-electron chi connectivity index (χ2n) is 4.70. The molecule has 0 bridgehead atoms. The number of carbonyl (C=O) groups excluding carboxylic acids is 1. The number of methoxy groups -OCH3 is 1. The Labute approximate surface area is 86.0 Å². The molecule has 0 spiro atoms. The molecular formula is C12H20O2. The summed E-state index contributed by atoms with van der Waals surface area (Å²) in [5.41, 5.74) is 0. The SMILES string of the molecule is COCCCC(=O)C1C2CCCCC21. The van der Waals surface area contributed by atoms with Gasteiger partial charge < -0.3 is 4.74 Å². The Balaban J connectivity index is 1.71. The highest BCUT2D eigenvalue weighted by Crippen LogP contribution is 2.56. The summed E-state index contributed by atoms with van der Waals surface area (Å²) in [5.74, 6) is 2.52. The van der Waals surface area contributed by atoms with Gasteiger partial charge in [-0.15, -0.1) is 0 Å². The largest absolute Gasteiger partial charge is 0.385 e. The van der Waals surface area contributed by atoms with Crippen LogP contribution in [0, 0.1) is 17.8 Å². The smallest absolute Gasteiger partial charge is 0.136 e. The van der Waals surface area contributed by atoms with Crippen molar-refractivity contribution in [1.29, 1.82) is 0 Å². The van der Waals surface area contributed by atoms with Crippen molar-refractivity contribution >= 4 is 5.78 Å². The van der Waals surface area contributed by atoms with Gasteiger partial charge in [0.25, 0.3) is 0 Å². The maximum Gasteiger partial charge on any atom is 0.136 e. The Morgan fingerprint density at radius 2 is 1.93 bits per heavy atom. The summed E-state index contributed by atoms with van der Waals surface area (Å²) in [7, 11) is 1.70. The first-order chi connectivity index (χ1) is 6.84. The molecule has 2 unspecified atom stereocenters. The molecule has 0 heterocycles. The maximum atomic E-state index is 11.8. The van der Waals surface area contributed by atoms with Gasteiger partial charge in [0.05, 0.1) is 0 Å². The second-order valence-corrected chi connectivity index (χ2v) is 4.70. The van der Waals surface area contributed by atoms with Crippen LogP contribution >= 0.6 is 0 Å². The van der Waals surface area contributed by atoms with Gasteiger partial charge in [0.15, 0.2) is 0 Å². The monoisotopic (exact) mass is 196 g/mol. The number of fused-ring (bicyclic) bond motifs is 1. The Hall–Kier alpha value is -0.370. The van der Waals surface area contributed by atoms with Crippen LogP contribution in [-0.2, 0) is 9.53 Å². The van der Waals surface area contributed by atoms with E-state index in [-0.39, 0.29) is 0 Å². The Bertz CT molecular complexity index is 200. The molecule has 2 aliphatic rings. The summed E-state index contributed by atoms with van der Waals surface area (Å²) in [6.45, 7) is 0.730. The number of hydrogen-bond acceptors (Lipinski definition) is 2. The standard InChI is InChI=1S/C12H20O2/c1-14-8-4-7-11(13)12-9-5-2-3-6-10(9)12/h9-10,12H,2-8H2,1H3. The van der Waals surface area contributed by atoms with Gasteiger partial charge in [0, 0.05) is 26.1 Å². The predicted molar refractivity (Wildman–Crippen MR) is 55.1 cm³/mol. The van der Waals surface area contributed by atoms with Crippen LogP contribution in [0.25, 0.3) is 0 Å². The van der Waals surface area contributed by atoms with Crippen LogP contribution in [-0.4, -0.2) is 19.5 Å². The van der Waals surface area contributed by atoms with Crippen molar-refractivity contribution in [2.24, 2.45) is 17.8 Å². The van der Waals surface area contributed by atoms with Gasteiger partial charge in [0.1, 0.15) is 5.78 Å². The van der Waals surface area contributed by atoms with Crippen LogP contribution in [0.15, 0.2) is 0 Å². The highest BCUT2D eigenvalue weighted by atomic mass is 16.5. The molecule has 0 radical (unpaired) electrons. The van der Waals surface area contributed by atoms with Crippen molar-refractivity contribution in [1.82, 2.24) is 0 Å². The average molecular weight is 196 g/mol. The summed E-state index contributed by atoms with van der Waals surface area (Å²) in [6, 6.07) is 0. The van der Waals surface area contributed by atoms with Crippen molar-refractivity contribution < 1.29 is 9.53 Å². The summed E-state index contributed by atoms with van der Waals surface area (Å²) in [5, 5.41) is 0. The molecule has 2 rings (SSSR count). The highest BCUT2D eigenvalue weighted by Gasteiger charge is 2.53. The Kier molecular flexibility index (Phi) is 3.22. The van der Waals surface area contributed by atoms with Gasteiger partial charge in [-0.1, -0.05) is 12.8 Å². The molecule has 0 N–H and O–H groups in total. The second kappa shape index (κ2) is 4.43. The number of carbonyl (C=O) groups is 1. The lowest BCUT2D eigenvalue weighted by atomic mass is 10.0. The molecular weight excluding hydrogens is 176 g/mol. The predicted octanol–water partition coefficient (Wildman–Crippen LogP) is 2.42. The molecule has 0 aromatic carbocycles. The minimum Gasteiger partial charge on any atom is -0.385 e. The van der Waals surface area contributed by atoms with E-state index in [4.69, 9.17) is 4.74 Å². The summed E-state index contributed by atoms with van der Waals surface area (Å²) >= 11 is 0. The fourth-order valence-electron chi connectivity index (χ4n) is 3.03. The first-order valence-electron chi connectivity index (χ1n) is 5.86. The van der Waals surface area contributed by atoms with E-state index in [9.17, 15) is 4.79 Å². The van der Waals surface area contributed by atoms with Crippen LogP contribution in [0.1, 0.15) is 38.5 Å². The molecule has 2 nitrogen and oxygen atoms in total. The van der Waals surface area contributed by atoms with Crippen LogP contribution in [0.3, 0.4) is 0 Å². The van der Waals surface area contributed by atoms with Crippen LogP contribution in [0.4, 0.5) is 0 Å². The van der Waals surface area contributed by atoms with Gasteiger partial charge in [0.2, 0.25) is 0 Å². The van der Waals surface area contributed by atoms with E-state index >= 15 is 0 Å². The summed E-state index contributed by atoms with van der Waals surface area (Å²) in [4.78, 5) is 11.8. The summed E-state index contributed by atoms with van der Waals surface area (Å²) < 4.78 is 4.96. The van der Waals surface area contributed by atoms with Crippen molar-refractivity contribution in [3.63, 3.8) is 0 Å². The van der Waals surface area contributed by atoms with Gasteiger partial charge in [-0.25, -0.2) is 0 Å². The Morgan fingerprint density at radius 3 is 2.50 bits per heavy atom. The molecule has 80 valence electrons. The minimum atomic E-state index is 0.453. The zero-order valence-corrected chi connectivity index (χ0v) is 9.00. The quantitative estimate of drug-likeness (QED) is 0.631. The lowest BCUT2D eigenvalue weighted by Crippen LogP contribution is -2.04. The summed E-state index contributed by atoms with van der Waals surface area (Å²) in [6.07, 6.45) is 6.97. The topological polar surface area (TPSA) is 26.3 Å². The lowest BCUT2D eigenvalue weighted by Gasteiger charge is -2.04. The number of ketones is 1. The third-order valence-electron chi connectivity index (χ3n) is 3.80. The normalized spacial score (nSPS) is 35.1. The molecule has 0 aliphatic heterocycles. The first kappa shape index (κ1) is 10.2. The van der Waals surface area contributed by atoms with E-state index in [1.807, 2.05) is 0 Å². The number of ether oxygens (including phenoxy) is 1. The molecule has 2 saturated carbocycles. The maximum absolute atomic E-state index is 11.8. The van der Waals surface area contributed by atoms with Crippen LogP contribution in [0.5, 0.6) is 0 Å². The van der Waals surface area contributed by atoms with E-state index in [1.165, 1.54) is 25.7 Å². The van der Waals surface area contributed by atoms with Crippen molar-refractivity contribution in [2.45, 2.75) is 38.5 Å². The van der Waals surface area contributed by atoms with Gasteiger partial charge in [-0.3, -0.25) is 4.79 Å². The molecule has 0 aromatic rings. The fourth-order valence-corrected chi connectivity index (χ4v) is 3.03. The van der Waals surface area contributed by atoms with Crippen molar-refractivity contribution in [3.05, 3.63) is 0 Å². The molecule has 14 heavy (non-hydrogen) atoms. The average Bonchev–Trinajstić information content (AvgIpc) is 2.92. The highest BCUT2D eigenvalue weighted by molar-refractivity contribution is 5.84. The third kappa shape index (κ3) is 2.00. The van der Waals surface area contributed by atoms with Crippen molar-refractivity contribution in [3.8, 4) is 0 Å². The number of Topliss-reactive ketones (excluding diaryl/α,β-unsaturated/α-hetero) is 1. The molecule has 0 aromatic heterocycles. The molecule has 2 aliphatic carbocycles. The van der Waals surface area contributed by atoms with E-state index < -0.39 is 0 Å². The molecule has 2 fully saturated rings. The van der Waals surface area contributed by atoms with E-state index in [2.05, 4.69) is 0 Å². The number of hydrogen-bond donors (Lipinski definition) is 0. The molecule has 0 saturated heterocycles. The molecule has 2 heteroatoms. The van der Waals surface area contributed by atoms with E-state index in [1.54, 1.807) is 7.11 Å². The van der Waals surface area contributed by atoms with Gasteiger partial charge in [-0.05, 0) is 31.1 Å². The van der Waals surface area contributed by atoms with E-state index in [0.29, 0.717) is 11.7 Å². The van der Waals surface area contributed by atoms with Crippen molar-refractivity contribution in [2.75, 3.05) is 13.7 Å². The zero-order valence-electron chi connectivity index (χ0n) is 9.00. The number of rotatable bonds is 5. The fraction of sp³-hybridized carbons (Fsp3) is 0.917. The Morgan fingerprint density at radius 1 is 1.29 bits per heavy atom. The lowest BCUT2D eigenvalue weighted by molar-refractivity contribution is -0.121. The molecule has 2 atom stereocenters. The van der Waals surface area contributed by atoms with Gasteiger partial charge >= 0.3 is 0 Å². The van der Waals surface area contributed by atoms with Crippen LogP contribution < -0.4 is 0 Å². The first-order valence-corrected chi connectivity index (χ1v) is 5.86. The van der Waals surface area contributed by atoms with E-state index in [0.717, 1.165) is 31.3 Å². The third-order valence-corrected chi connectivity index (χ3v) is 3.80.